The molecule has 0 fully saturated rings. The minimum Gasteiger partial charge on any atom is -0.324 e. The van der Waals surface area contributed by atoms with Gasteiger partial charge in [-0.05, 0) is 41.7 Å². The Morgan fingerprint density at radius 3 is 2.25 bits per heavy atom. The molecule has 0 heterocycles. The molecule has 2 heteroatoms. The van der Waals surface area contributed by atoms with E-state index in [-0.39, 0.29) is 6.04 Å². The van der Waals surface area contributed by atoms with E-state index in [9.17, 15) is 0 Å². The van der Waals surface area contributed by atoms with Crippen LogP contribution in [-0.4, -0.2) is 0 Å². The van der Waals surface area contributed by atoms with Crippen LogP contribution in [-0.2, 0) is 0 Å². The number of benzene rings is 2. The van der Waals surface area contributed by atoms with Crippen LogP contribution in [0, 0.1) is 0 Å². The molecule has 0 spiro atoms. The molecule has 0 radical (unpaired) electrons. The SMILES string of the molecule is CC[C@@H](N)c1ccccc1Sc1ccc(C(C)C)cc1. The van der Waals surface area contributed by atoms with E-state index in [0.717, 1.165) is 6.42 Å². The summed E-state index contributed by atoms with van der Waals surface area (Å²) >= 11 is 1.80. The van der Waals surface area contributed by atoms with Crippen LogP contribution in [0.25, 0.3) is 0 Å². The molecule has 2 aromatic carbocycles. The van der Waals surface area contributed by atoms with Crippen molar-refractivity contribution in [2.75, 3.05) is 0 Å². The molecule has 106 valence electrons. The summed E-state index contributed by atoms with van der Waals surface area (Å²) in [7, 11) is 0. The zero-order chi connectivity index (χ0) is 14.5. The summed E-state index contributed by atoms with van der Waals surface area (Å²) in [5.74, 6) is 0.579. The molecule has 2 N–H and O–H groups in total. The molecule has 0 bridgehead atoms. The van der Waals surface area contributed by atoms with Crippen molar-refractivity contribution in [2.24, 2.45) is 5.73 Å². The van der Waals surface area contributed by atoms with Gasteiger partial charge >= 0.3 is 0 Å². The summed E-state index contributed by atoms with van der Waals surface area (Å²) < 4.78 is 0. The van der Waals surface area contributed by atoms with Crippen molar-refractivity contribution in [3.05, 3.63) is 59.7 Å². The molecule has 0 aromatic heterocycles. The molecule has 2 aromatic rings. The summed E-state index contributed by atoms with van der Waals surface area (Å²) in [6.45, 7) is 6.57. The van der Waals surface area contributed by atoms with Gasteiger partial charge in [0.2, 0.25) is 0 Å². The molecule has 2 rings (SSSR count). The van der Waals surface area contributed by atoms with Crippen LogP contribution in [0.3, 0.4) is 0 Å². The first-order valence-electron chi connectivity index (χ1n) is 7.24. The molecule has 0 unspecified atom stereocenters. The predicted molar refractivity (Wildman–Crippen MR) is 88.3 cm³/mol. The summed E-state index contributed by atoms with van der Waals surface area (Å²) in [6.07, 6.45) is 0.962. The molecule has 1 atom stereocenters. The molecule has 0 aliphatic heterocycles. The summed E-state index contributed by atoms with van der Waals surface area (Å²) in [6, 6.07) is 17.4. The van der Waals surface area contributed by atoms with E-state index >= 15 is 0 Å². The number of rotatable bonds is 5. The molecule has 0 saturated heterocycles. The first-order valence-corrected chi connectivity index (χ1v) is 8.05. The topological polar surface area (TPSA) is 26.0 Å². The molecule has 0 saturated carbocycles. The van der Waals surface area contributed by atoms with E-state index in [0.29, 0.717) is 5.92 Å². The van der Waals surface area contributed by atoms with Gasteiger partial charge in [0.25, 0.3) is 0 Å². The van der Waals surface area contributed by atoms with Gasteiger partial charge in [0, 0.05) is 15.8 Å². The fourth-order valence-electron chi connectivity index (χ4n) is 2.15. The van der Waals surface area contributed by atoms with Crippen molar-refractivity contribution >= 4 is 11.8 Å². The van der Waals surface area contributed by atoms with E-state index in [1.807, 2.05) is 0 Å². The van der Waals surface area contributed by atoms with E-state index < -0.39 is 0 Å². The van der Waals surface area contributed by atoms with Gasteiger partial charge in [-0.25, -0.2) is 0 Å². The normalized spacial score (nSPS) is 12.7. The van der Waals surface area contributed by atoms with Crippen LogP contribution >= 0.6 is 11.8 Å². The third-order valence-corrected chi connectivity index (χ3v) is 4.63. The van der Waals surface area contributed by atoms with Crippen molar-refractivity contribution < 1.29 is 0 Å². The van der Waals surface area contributed by atoms with Gasteiger partial charge in [-0.2, -0.15) is 0 Å². The fraction of sp³-hybridized carbons (Fsp3) is 0.333. The molecule has 0 aliphatic carbocycles. The number of hydrogen-bond donors (Lipinski definition) is 1. The van der Waals surface area contributed by atoms with Crippen molar-refractivity contribution in [3.8, 4) is 0 Å². The van der Waals surface area contributed by atoms with Gasteiger partial charge in [0.05, 0.1) is 0 Å². The van der Waals surface area contributed by atoms with E-state index in [2.05, 4.69) is 69.3 Å². The lowest BCUT2D eigenvalue weighted by molar-refractivity contribution is 0.685. The largest absolute Gasteiger partial charge is 0.324 e. The van der Waals surface area contributed by atoms with Crippen molar-refractivity contribution in [1.82, 2.24) is 0 Å². The maximum absolute atomic E-state index is 6.20. The van der Waals surface area contributed by atoms with Crippen LogP contribution in [0.2, 0.25) is 0 Å². The lowest BCUT2D eigenvalue weighted by atomic mass is 10.0. The third kappa shape index (κ3) is 3.65. The summed E-state index contributed by atoms with van der Waals surface area (Å²) in [5, 5.41) is 0. The highest BCUT2D eigenvalue weighted by atomic mass is 32.2. The van der Waals surface area contributed by atoms with Gasteiger partial charge in [-0.3, -0.25) is 0 Å². The smallest absolute Gasteiger partial charge is 0.0303 e. The van der Waals surface area contributed by atoms with Crippen molar-refractivity contribution in [3.63, 3.8) is 0 Å². The van der Waals surface area contributed by atoms with Crippen molar-refractivity contribution in [1.29, 1.82) is 0 Å². The highest BCUT2D eigenvalue weighted by Crippen LogP contribution is 2.34. The highest BCUT2D eigenvalue weighted by molar-refractivity contribution is 7.99. The van der Waals surface area contributed by atoms with Crippen LogP contribution in [0.1, 0.15) is 50.3 Å². The Bertz CT molecular complexity index is 546. The van der Waals surface area contributed by atoms with E-state index in [1.165, 1.54) is 20.9 Å². The Balaban J connectivity index is 2.21. The molecule has 0 amide bonds. The molecule has 20 heavy (non-hydrogen) atoms. The first-order chi connectivity index (χ1) is 9.61. The minimum absolute atomic E-state index is 0.119. The van der Waals surface area contributed by atoms with Crippen LogP contribution in [0.15, 0.2) is 58.3 Å². The van der Waals surface area contributed by atoms with Crippen molar-refractivity contribution in [2.45, 2.75) is 48.9 Å². The maximum atomic E-state index is 6.20. The van der Waals surface area contributed by atoms with Gasteiger partial charge in [-0.15, -0.1) is 0 Å². The summed E-state index contributed by atoms with van der Waals surface area (Å²) in [4.78, 5) is 2.53. The minimum atomic E-state index is 0.119. The van der Waals surface area contributed by atoms with E-state index in [1.54, 1.807) is 11.8 Å². The molecule has 0 aliphatic rings. The second kappa shape index (κ2) is 6.96. The molecular weight excluding hydrogens is 262 g/mol. The second-order valence-corrected chi connectivity index (χ2v) is 6.49. The van der Waals surface area contributed by atoms with Crippen LogP contribution < -0.4 is 5.73 Å². The van der Waals surface area contributed by atoms with Gasteiger partial charge < -0.3 is 5.73 Å². The fourth-order valence-corrected chi connectivity index (χ4v) is 3.16. The zero-order valence-corrected chi connectivity index (χ0v) is 13.3. The Morgan fingerprint density at radius 2 is 1.65 bits per heavy atom. The first kappa shape index (κ1) is 15.1. The Labute approximate surface area is 126 Å². The van der Waals surface area contributed by atoms with Crippen LogP contribution in [0.5, 0.6) is 0 Å². The Kier molecular flexibility index (Phi) is 5.27. The highest BCUT2D eigenvalue weighted by Gasteiger charge is 2.10. The quantitative estimate of drug-likeness (QED) is 0.799. The third-order valence-electron chi connectivity index (χ3n) is 3.53. The molecular formula is C18H23NS. The second-order valence-electron chi connectivity index (χ2n) is 5.38. The van der Waals surface area contributed by atoms with E-state index in [4.69, 9.17) is 5.73 Å². The molecule has 1 nitrogen and oxygen atoms in total. The average molecular weight is 285 g/mol. The standard InChI is InChI=1S/C18H23NS/c1-4-17(19)16-7-5-6-8-18(16)20-15-11-9-14(10-12-15)13(2)3/h5-13,17H,4,19H2,1-3H3/t17-/m1/s1. The monoisotopic (exact) mass is 285 g/mol. The van der Waals surface area contributed by atoms with Gasteiger partial charge in [0.1, 0.15) is 0 Å². The maximum Gasteiger partial charge on any atom is 0.0303 e. The van der Waals surface area contributed by atoms with Crippen LogP contribution in [0.4, 0.5) is 0 Å². The average Bonchev–Trinajstić information content (AvgIpc) is 2.47. The lowest BCUT2D eigenvalue weighted by Crippen LogP contribution is -2.09. The number of nitrogens with two attached hydrogens (primary N) is 1. The predicted octanol–water partition coefficient (Wildman–Crippen LogP) is 5.37. The van der Waals surface area contributed by atoms with Gasteiger partial charge in [0.15, 0.2) is 0 Å². The zero-order valence-electron chi connectivity index (χ0n) is 12.5. The Hall–Kier alpha value is -1.25. The lowest BCUT2D eigenvalue weighted by Gasteiger charge is -2.14. The van der Waals surface area contributed by atoms with Gasteiger partial charge in [-0.1, -0.05) is 62.9 Å². The summed E-state index contributed by atoms with van der Waals surface area (Å²) in [5.41, 5.74) is 8.83. The Morgan fingerprint density at radius 1 is 1.00 bits per heavy atom. The number of hydrogen-bond acceptors (Lipinski definition) is 2.